The highest BCUT2D eigenvalue weighted by Crippen LogP contribution is 2.18. The third-order valence-electron chi connectivity index (χ3n) is 6.20. The molecule has 0 aliphatic heterocycles. The average Bonchev–Trinajstić information content (AvgIpc) is 2.91. The second-order valence-electron chi connectivity index (χ2n) is 8.65. The SMILES string of the molecule is CNC(=O)C(C(=O)NO)N(C)C(=O)c1ccc(C#Cc2ccc(CNC3CCCCC3)cc2)cc1. The molecule has 0 spiro atoms. The Balaban J connectivity index is 1.60. The predicted molar refractivity (Wildman–Crippen MR) is 132 cm³/mol. The fourth-order valence-electron chi connectivity index (χ4n) is 4.10. The Morgan fingerprint density at radius 2 is 1.51 bits per heavy atom. The van der Waals surface area contributed by atoms with E-state index < -0.39 is 23.8 Å². The first-order valence-corrected chi connectivity index (χ1v) is 11.8. The number of likely N-dealkylation sites (N-methyl/N-ethyl adjacent to an activating group) is 2. The quantitative estimate of drug-likeness (QED) is 0.212. The number of hydroxylamine groups is 1. The van der Waals surface area contributed by atoms with E-state index in [4.69, 9.17) is 5.21 Å². The summed E-state index contributed by atoms with van der Waals surface area (Å²) in [5, 5.41) is 14.8. The summed E-state index contributed by atoms with van der Waals surface area (Å²) in [5.74, 6) is 3.95. The molecule has 0 bridgehead atoms. The maximum atomic E-state index is 12.7. The molecule has 0 radical (unpaired) electrons. The maximum absolute atomic E-state index is 12.7. The van der Waals surface area contributed by atoms with Crippen LogP contribution in [0.1, 0.15) is 59.2 Å². The van der Waals surface area contributed by atoms with Crippen LogP contribution in [-0.4, -0.2) is 54.0 Å². The summed E-state index contributed by atoms with van der Waals surface area (Å²) >= 11 is 0. The van der Waals surface area contributed by atoms with Gasteiger partial charge in [0.25, 0.3) is 17.7 Å². The normalized spacial score (nSPS) is 14.3. The van der Waals surface area contributed by atoms with Crippen LogP contribution in [0.5, 0.6) is 0 Å². The number of amides is 3. The fourth-order valence-corrected chi connectivity index (χ4v) is 4.10. The van der Waals surface area contributed by atoms with Crippen molar-refractivity contribution in [3.05, 3.63) is 70.8 Å². The molecule has 3 amide bonds. The second-order valence-corrected chi connectivity index (χ2v) is 8.65. The average molecular weight is 477 g/mol. The number of hydrogen-bond donors (Lipinski definition) is 4. The van der Waals surface area contributed by atoms with Crippen LogP contribution in [0.4, 0.5) is 0 Å². The lowest BCUT2D eigenvalue weighted by Crippen LogP contribution is -2.54. The van der Waals surface area contributed by atoms with Gasteiger partial charge in [-0.05, 0) is 54.8 Å². The van der Waals surface area contributed by atoms with Crippen LogP contribution in [0, 0.1) is 11.8 Å². The van der Waals surface area contributed by atoms with Crippen molar-refractivity contribution >= 4 is 17.7 Å². The molecule has 0 heterocycles. The standard InChI is InChI=1S/C27H32N4O4/c1-28-25(32)24(26(33)30-35)31(2)27(34)22-16-14-20(15-17-22)9-8-19-10-12-21(13-11-19)18-29-23-6-4-3-5-7-23/h10-17,23-24,29,35H,3-7,18H2,1-2H3,(H,28,32)(H,30,33). The molecule has 2 aromatic carbocycles. The molecule has 1 aliphatic carbocycles. The van der Waals surface area contributed by atoms with Crippen LogP contribution in [-0.2, 0) is 16.1 Å². The summed E-state index contributed by atoms with van der Waals surface area (Å²) in [6.07, 6.45) is 6.50. The fraction of sp³-hybridized carbons (Fsp3) is 0.370. The number of hydrogen-bond acceptors (Lipinski definition) is 5. The van der Waals surface area contributed by atoms with Crippen molar-refractivity contribution in [2.24, 2.45) is 0 Å². The Labute approximate surface area is 206 Å². The molecule has 2 aromatic rings. The van der Waals surface area contributed by atoms with Gasteiger partial charge in [-0.2, -0.15) is 0 Å². The lowest BCUT2D eigenvalue weighted by atomic mass is 9.95. The van der Waals surface area contributed by atoms with Crippen molar-refractivity contribution in [2.45, 2.75) is 50.7 Å². The van der Waals surface area contributed by atoms with Crippen molar-refractivity contribution < 1.29 is 19.6 Å². The van der Waals surface area contributed by atoms with Crippen molar-refractivity contribution in [2.75, 3.05) is 14.1 Å². The highest BCUT2D eigenvalue weighted by Gasteiger charge is 2.33. The number of nitrogens with one attached hydrogen (secondary N) is 3. The molecular weight excluding hydrogens is 444 g/mol. The third kappa shape index (κ3) is 7.15. The minimum atomic E-state index is -1.50. The number of carbonyl (C=O) groups is 3. The largest absolute Gasteiger partial charge is 0.357 e. The Hall–Kier alpha value is -3.67. The van der Waals surface area contributed by atoms with E-state index >= 15 is 0 Å². The van der Waals surface area contributed by atoms with E-state index in [1.54, 1.807) is 24.3 Å². The molecule has 0 aromatic heterocycles. The first kappa shape index (κ1) is 25.9. The van der Waals surface area contributed by atoms with Gasteiger partial charge in [-0.3, -0.25) is 19.6 Å². The van der Waals surface area contributed by atoms with Gasteiger partial charge in [0.2, 0.25) is 0 Å². The van der Waals surface area contributed by atoms with Crippen LogP contribution < -0.4 is 16.1 Å². The Bertz CT molecular complexity index is 1060. The van der Waals surface area contributed by atoms with Crippen LogP contribution in [0.3, 0.4) is 0 Å². The summed E-state index contributed by atoms with van der Waals surface area (Å²) in [5.41, 5.74) is 4.56. The maximum Gasteiger partial charge on any atom is 0.275 e. The zero-order valence-electron chi connectivity index (χ0n) is 20.1. The van der Waals surface area contributed by atoms with Crippen LogP contribution in [0.25, 0.3) is 0 Å². The first-order valence-electron chi connectivity index (χ1n) is 11.8. The van der Waals surface area contributed by atoms with E-state index in [1.807, 2.05) is 12.1 Å². The van der Waals surface area contributed by atoms with Gasteiger partial charge in [0.1, 0.15) is 0 Å². The van der Waals surface area contributed by atoms with Gasteiger partial charge in [-0.15, -0.1) is 0 Å². The number of benzene rings is 2. The molecule has 1 saturated carbocycles. The highest BCUT2D eigenvalue weighted by atomic mass is 16.5. The molecular formula is C27H32N4O4. The Morgan fingerprint density at radius 1 is 0.943 bits per heavy atom. The molecule has 4 N–H and O–H groups in total. The summed E-state index contributed by atoms with van der Waals surface area (Å²) in [7, 11) is 2.66. The summed E-state index contributed by atoms with van der Waals surface area (Å²) in [4.78, 5) is 37.6. The molecule has 35 heavy (non-hydrogen) atoms. The molecule has 1 fully saturated rings. The molecule has 8 heteroatoms. The summed E-state index contributed by atoms with van der Waals surface area (Å²) in [6, 6.07) is 13.9. The van der Waals surface area contributed by atoms with Gasteiger partial charge in [0.15, 0.2) is 6.04 Å². The lowest BCUT2D eigenvalue weighted by molar-refractivity contribution is -0.140. The molecule has 3 rings (SSSR count). The van der Waals surface area contributed by atoms with Crippen molar-refractivity contribution in [3.8, 4) is 11.8 Å². The molecule has 1 unspecified atom stereocenters. The van der Waals surface area contributed by atoms with E-state index in [0.29, 0.717) is 6.04 Å². The molecule has 8 nitrogen and oxygen atoms in total. The van der Waals surface area contributed by atoms with Crippen LogP contribution >= 0.6 is 0 Å². The second kappa shape index (κ2) is 12.7. The van der Waals surface area contributed by atoms with Crippen LogP contribution in [0.2, 0.25) is 0 Å². The van der Waals surface area contributed by atoms with Gasteiger partial charge < -0.3 is 15.5 Å². The number of rotatable bonds is 7. The van der Waals surface area contributed by atoms with Crippen LogP contribution in [0.15, 0.2) is 48.5 Å². The molecule has 0 saturated heterocycles. The van der Waals surface area contributed by atoms with Crippen molar-refractivity contribution in [1.29, 1.82) is 0 Å². The number of carbonyl (C=O) groups excluding carboxylic acids is 3. The lowest BCUT2D eigenvalue weighted by Gasteiger charge is -2.25. The monoisotopic (exact) mass is 476 g/mol. The minimum Gasteiger partial charge on any atom is -0.357 e. The van der Waals surface area contributed by atoms with Gasteiger partial charge >= 0.3 is 0 Å². The summed E-state index contributed by atoms with van der Waals surface area (Å²) in [6.45, 7) is 0.864. The van der Waals surface area contributed by atoms with Gasteiger partial charge in [-0.1, -0.05) is 43.2 Å². The van der Waals surface area contributed by atoms with E-state index in [9.17, 15) is 14.4 Å². The molecule has 1 atom stereocenters. The smallest absolute Gasteiger partial charge is 0.275 e. The zero-order chi connectivity index (χ0) is 25.2. The van der Waals surface area contributed by atoms with Crippen molar-refractivity contribution in [3.63, 3.8) is 0 Å². The number of nitrogens with zero attached hydrogens (tertiary/aromatic N) is 1. The third-order valence-corrected chi connectivity index (χ3v) is 6.20. The summed E-state index contributed by atoms with van der Waals surface area (Å²) < 4.78 is 0. The zero-order valence-corrected chi connectivity index (χ0v) is 20.1. The van der Waals surface area contributed by atoms with E-state index in [0.717, 1.165) is 22.6 Å². The van der Waals surface area contributed by atoms with E-state index in [1.165, 1.54) is 57.2 Å². The van der Waals surface area contributed by atoms with E-state index in [-0.39, 0.29) is 5.56 Å². The topological polar surface area (TPSA) is 111 Å². The Kier molecular flexibility index (Phi) is 9.41. The first-order chi connectivity index (χ1) is 16.9. The van der Waals surface area contributed by atoms with Gasteiger partial charge in [-0.25, -0.2) is 5.48 Å². The van der Waals surface area contributed by atoms with Gasteiger partial charge in [0.05, 0.1) is 0 Å². The molecule has 1 aliphatic rings. The predicted octanol–water partition coefficient (Wildman–Crippen LogP) is 2.20. The van der Waals surface area contributed by atoms with E-state index in [2.05, 4.69) is 34.6 Å². The minimum absolute atomic E-state index is 0.285. The molecule has 184 valence electrons. The highest BCUT2D eigenvalue weighted by molar-refractivity contribution is 6.08. The Morgan fingerprint density at radius 3 is 2.06 bits per heavy atom. The van der Waals surface area contributed by atoms with Crippen molar-refractivity contribution in [1.82, 2.24) is 21.0 Å². The van der Waals surface area contributed by atoms with Gasteiger partial charge in [0, 0.05) is 43.4 Å².